The minimum absolute atomic E-state index is 0.273. The van der Waals surface area contributed by atoms with Crippen LogP contribution in [0.25, 0.3) is 0 Å². The van der Waals surface area contributed by atoms with Crippen molar-refractivity contribution in [2.75, 3.05) is 0 Å². The molecule has 1 aliphatic rings. The summed E-state index contributed by atoms with van der Waals surface area (Å²) in [7, 11) is -5.76. The number of halogens is 5. The Hall–Kier alpha value is -2.86. The lowest BCUT2D eigenvalue weighted by Gasteiger charge is -2.14. The Morgan fingerprint density at radius 2 is 1.12 bits per heavy atom. The molecule has 0 N–H and O–H groups in total. The number of imide groups is 1. The van der Waals surface area contributed by atoms with Crippen LogP contribution in [0, 0.1) is 29.1 Å². The SMILES string of the molecule is O=C1c2ccccc2C(=O)N1OS(=O)(=O)c1c(F)c(F)c(F)c(F)c1F. The molecule has 0 saturated carbocycles. The fourth-order valence-corrected chi connectivity index (χ4v) is 3.20. The Kier molecular flexibility index (Phi) is 4.04. The number of benzene rings is 2. The average molecular weight is 393 g/mol. The van der Waals surface area contributed by atoms with Crippen molar-refractivity contribution in [3.63, 3.8) is 0 Å². The van der Waals surface area contributed by atoms with Crippen LogP contribution < -0.4 is 0 Å². The number of rotatable bonds is 3. The maximum Gasteiger partial charge on any atom is 0.324 e. The first-order valence-electron chi connectivity index (χ1n) is 6.51. The number of nitrogens with zero attached hydrogens (tertiary/aromatic N) is 1. The Morgan fingerprint density at radius 3 is 1.54 bits per heavy atom. The number of carbonyl (C=O) groups is 2. The van der Waals surface area contributed by atoms with Crippen molar-refractivity contribution in [1.82, 2.24) is 5.06 Å². The normalized spacial score (nSPS) is 14.1. The van der Waals surface area contributed by atoms with Gasteiger partial charge >= 0.3 is 10.1 Å². The Labute approximate surface area is 141 Å². The molecule has 2 aromatic carbocycles. The third-order valence-corrected chi connectivity index (χ3v) is 4.55. The molecule has 0 radical (unpaired) electrons. The standard InChI is InChI=1S/C14H4F5NO5S/c15-7-8(16)10(18)12(11(19)9(7)17)26(23,24)25-20-13(21)5-3-1-2-4-6(5)14(20)22/h1-4H. The lowest BCUT2D eigenvalue weighted by atomic mass is 10.1. The Morgan fingerprint density at radius 1 is 0.731 bits per heavy atom. The van der Waals surface area contributed by atoms with Gasteiger partial charge in [-0.1, -0.05) is 12.1 Å². The number of hydrogen-bond donors (Lipinski definition) is 0. The van der Waals surface area contributed by atoms with Gasteiger partial charge in [-0.05, 0) is 12.1 Å². The van der Waals surface area contributed by atoms with Crippen LogP contribution in [0.4, 0.5) is 22.0 Å². The van der Waals surface area contributed by atoms with Crippen LogP contribution in [-0.2, 0) is 14.4 Å². The zero-order chi connectivity index (χ0) is 19.4. The highest BCUT2D eigenvalue weighted by Gasteiger charge is 2.43. The van der Waals surface area contributed by atoms with Crippen LogP contribution in [0.15, 0.2) is 29.2 Å². The first-order chi connectivity index (χ1) is 12.1. The van der Waals surface area contributed by atoms with E-state index in [1.807, 2.05) is 0 Å². The topological polar surface area (TPSA) is 80.8 Å². The number of amides is 2. The largest absolute Gasteiger partial charge is 0.324 e. The lowest BCUT2D eigenvalue weighted by molar-refractivity contribution is -0.0107. The molecule has 0 aromatic heterocycles. The van der Waals surface area contributed by atoms with E-state index in [2.05, 4.69) is 4.28 Å². The highest BCUT2D eigenvalue weighted by molar-refractivity contribution is 7.86. The summed E-state index contributed by atoms with van der Waals surface area (Å²) in [5.74, 6) is -15.6. The maximum atomic E-state index is 13.7. The molecule has 2 amide bonds. The van der Waals surface area contributed by atoms with Gasteiger partial charge in [0.05, 0.1) is 11.1 Å². The van der Waals surface area contributed by atoms with E-state index in [0.717, 1.165) is 12.1 Å². The number of hydrogen-bond acceptors (Lipinski definition) is 5. The van der Waals surface area contributed by atoms with Gasteiger partial charge in [0.25, 0.3) is 11.8 Å². The second-order valence-electron chi connectivity index (χ2n) is 4.88. The van der Waals surface area contributed by atoms with Crippen LogP contribution >= 0.6 is 0 Å². The van der Waals surface area contributed by atoms with E-state index >= 15 is 0 Å². The molecule has 0 bridgehead atoms. The second-order valence-corrected chi connectivity index (χ2v) is 6.34. The van der Waals surface area contributed by atoms with Crippen LogP contribution in [0.5, 0.6) is 0 Å². The fourth-order valence-electron chi connectivity index (χ4n) is 2.17. The zero-order valence-electron chi connectivity index (χ0n) is 12.1. The van der Waals surface area contributed by atoms with Crippen molar-refractivity contribution in [2.24, 2.45) is 0 Å². The molecular formula is C14H4F5NO5S. The minimum atomic E-state index is -5.76. The van der Waals surface area contributed by atoms with E-state index in [1.165, 1.54) is 12.1 Å². The molecule has 26 heavy (non-hydrogen) atoms. The molecule has 0 saturated heterocycles. The molecular weight excluding hydrogens is 389 g/mol. The Bertz CT molecular complexity index is 1020. The smallest absolute Gasteiger partial charge is 0.266 e. The first-order valence-corrected chi connectivity index (χ1v) is 7.92. The molecule has 136 valence electrons. The number of fused-ring (bicyclic) bond motifs is 1. The van der Waals surface area contributed by atoms with Gasteiger partial charge < -0.3 is 0 Å². The van der Waals surface area contributed by atoms with Gasteiger partial charge in [0, 0.05) is 0 Å². The molecule has 1 aliphatic heterocycles. The molecule has 0 atom stereocenters. The third kappa shape index (κ3) is 2.45. The van der Waals surface area contributed by atoms with Crippen LogP contribution in [-0.4, -0.2) is 25.3 Å². The van der Waals surface area contributed by atoms with E-state index in [4.69, 9.17) is 0 Å². The zero-order valence-corrected chi connectivity index (χ0v) is 12.9. The van der Waals surface area contributed by atoms with Crippen molar-refractivity contribution in [3.05, 3.63) is 64.5 Å². The van der Waals surface area contributed by atoms with Crippen LogP contribution in [0.2, 0.25) is 0 Å². The van der Waals surface area contributed by atoms with Crippen molar-refractivity contribution in [2.45, 2.75) is 4.90 Å². The first kappa shape index (κ1) is 17.9. The molecule has 0 fully saturated rings. The summed E-state index contributed by atoms with van der Waals surface area (Å²) in [6.07, 6.45) is 0. The summed E-state index contributed by atoms with van der Waals surface area (Å²) < 4.78 is 94.7. The maximum absolute atomic E-state index is 13.7. The third-order valence-electron chi connectivity index (χ3n) is 3.35. The van der Waals surface area contributed by atoms with Crippen molar-refractivity contribution < 1.29 is 44.2 Å². The number of carbonyl (C=O) groups excluding carboxylic acids is 2. The molecule has 2 aromatic rings. The van der Waals surface area contributed by atoms with Gasteiger partial charge in [-0.15, -0.1) is 9.35 Å². The Balaban J connectivity index is 2.08. The molecule has 0 spiro atoms. The predicted octanol–water partition coefficient (Wildman–Crippen LogP) is 2.30. The van der Waals surface area contributed by atoms with Gasteiger partial charge in [-0.25, -0.2) is 22.0 Å². The predicted molar refractivity (Wildman–Crippen MR) is 71.4 cm³/mol. The highest BCUT2D eigenvalue weighted by Crippen LogP contribution is 2.30. The fraction of sp³-hybridized carbons (Fsp3) is 0. The van der Waals surface area contributed by atoms with E-state index in [-0.39, 0.29) is 16.2 Å². The van der Waals surface area contributed by atoms with Crippen molar-refractivity contribution >= 4 is 21.9 Å². The van der Waals surface area contributed by atoms with Gasteiger partial charge in [0.2, 0.25) is 5.82 Å². The molecule has 1 heterocycles. The summed E-state index contributed by atoms with van der Waals surface area (Å²) in [6.45, 7) is 0. The van der Waals surface area contributed by atoms with Crippen LogP contribution in [0.3, 0.4) is 0 Å². The summed E-state index contributed by atoms with van der Waals surface area (Å²) in [6, 6.07) is 4.96. The molecule has 3 rings (SSSR count). The average Bonchev–Trinajstić information content (AvgIpc) is 2.83. The molecule has 0 unspecified atom stereocenters. The minimum Gasteiger partial charge on any atom is -0.266 e. The van der Waals surface area contributed by atoms with E-state index in [0.29, 0.717) is 0 Å². The second kappa shape index (κ2) is 5.85. The monoisotopic (exact) mass is 393 g/mol. The van der Waals surface area contributed by atoms with Gasteiger partial charge in [-0.2, -0.15) is 8.42 Å². The number of hydroxylamine groups is 2. The molecule has 0 aliphatic carbocycles. The van der Waals surface area contributed by atoms with Crippen LogP contribution in [0.1, 0.15) is 20.7 Å². The van der Waals surface area contributed by atoms with Gasteiger partial charge in [0.15, 0.2) is 28.2 Å². The quantitative estimate of drug-likeness (QED) is 0.346. The summed E-state index contributed by atoms with van der Waals surface area (Å²) in [4.78, 5) is 21.7. The van der Waals surface area contributed by atoms with Gasteiger partial charge in [0.1, 0.15) is 0 Å². The summed E-state index contributed by atoms with van der Waals surface area (Å²) >= 11 is 0. The highest BCUT2D eigenvalue weighted by atomic mass is 32.2. The van der Waals surface area contributed by atoms with E-state index < -0.39 is 55.9 Å². The van der Waals surface area contributed by atoms with Crippen molar-refractivity contribution in [1.29, 1.82) is 0 Å². The summed E-state index contributed by atoms with van der Waals surface area (Å²) in [5, 5.41) is -0.349. The van der Waals surface area contributed by atoms with E-state index in [1.54, 1.807) is 0 Å². The van der Waals surface area contributed by atoms with E-state index in [9.17, 15) is 40.0 Å². The molecule has 6 nitrogen and oxygen atoms in total. The van der Waals surface area contributed by atoms with Crippen molar-refractivity contribution in [3.8, 4) is 0 Å². The lowest BCUT2D eigenvalue weighted by Crippen LogP contribution is -2.33. The molecule has 12 heteroatoms. The van der Waals surface area contributed by atoms with Gasteiger partial charge in [-0.3, -0.25) is 9.59 Å². The summed E-state index contributed by atoms with van der Waals surface area (Å²) in [5.41, 5.74) is -0.546.